The molecular formula is C20H22O4. The molecule has 0 bridgehead atoms. The molecule has 0 aromatic heterocycles. The van der Waals surface area contributed by atoms with Gasteiger partial charge in [0.25, 0.3) is 0 Å². The van der Waals surface area contributed by atoms with Crippen LogP contribution in [0.4, 0.5) is 0 Å². The predicted molar refractivity (Wildman–Crippen MR) is 92.4 cm³/mol. The van der Waals surface area contributed by atoms with Crippen LogP contribution in [-0.2, 0) is 4.74 Å². The van der Waals surface area contributed by atoms with E-state index in [4.69, 9.17) is 9.47 Å². The zero-order valence-corrected chi connectivity index (χ0v) is 14.2. The number of benzene rings is 2. The van der Waals surface area contributed by atoms with Crippen molar-refractivity contribution in [2.75, 3.05) is 13.2 Å². The quantitative estimate of drug-likeness (QED) is 0.454. The van der Waals surface area contributed by atoms with Crippen molar-refractivity contribution in [3.63, 3.8) is 0 Å². The van der Waals surface area contributed by atoms with Crippen molar-refractivity contribution in [2.45, 2.75) is 20.8 Å². The van der Waals surface area contributed by atoms with Crippen molar-refractivity contribution < 1.29 is 19.1 Å². The topological polar surface area (TPSA) is 52.6 Å². The molecule has 2 rings (SSSR count). The molecule has 0 saturated heterocycles. The Morgan fingerprint density at radius 1 is 0.833 bits per heavy atom. The minimum atomic E-state index is -0.409. The summed E-state index contributed by atoms with van der Waals surface area (Å²) in [4.78, 5) is 23.9. The molecule has 2 aromatic carbocycles. The van der Waals surface area contributed by atoms with Gasteiger partial charge in [-0.3, -0.25) is 4.79 Å². The third-order valence-corrected chi connectivity index (χ3v) is 3.39. The summed E-state index contributed by atoms with van der Waals surface area (Å²) in [5.74, 6) is 0.354. The molecule has 0 unspecified atom stereocenters. The SMILES string of the molecule is CC(C)(C)C(=O)c1ccc(OCCOC(=O)c2ccccc2)cc1. The van der Waals surface area contributed by atoms with Gasteiger partial charge in [-0.25, -0.2) is 4.79 Å². The molecule has 0 N–H and O–H groups in total. The summed E-state index contributed by atoms with van der Waals surface area (Å²) < 4.78 is 10.7. The number of ketones is 1. The third kappa shape index (κ3) is 4.95. The molecule has 0 radical (unpaired) electrons. The highest BCUT2D eigenvalue weighted by Gasteiger charge is 2.22. The first kappa shape index (κ1) is 17.7. The van der Waals surface area contributed by atoms with Crippen molar-refractivity contribution in [1.29, 1.82) is 0 Å². The van der Waals surface area contributed by atoms with Crippen LogP contribution in [0.15, 0.2) is 54.6 Å². The molecule has 0 heterocycles. The zero-order chi connectivity index (χ0) is 17.6. The minimum absolute atomic E-state index is 0.0887. The Morgan fingerprint density at radius 3 is 2.04 bits per heavy atom. The summed E-state index contributed by atoms with van der Waals surface area (Å²) in [5.41, 5.74) is 0.765. The van der Waals surface area contributed by atoms with Crippen LogP contribution >= 0.6 is 0 Å². The number of hydrogen-bond donors (Lipinski definition) is 0. The Morgan fingerprint density at radius 2 is 1.46 bits per heavy atom. The zero-order valence-electron chi connectivity index (χ0n) is 14.2. The lowest BCUT2D eigenvalue weighted by atomic mass is 9.86. The lowest BCUT2D eigenvalue weighted by Crippen LogP contribution is -2.20. The van der Waals surface area contributed by atoms with E-state index < -0.39 is 5.41 Å². The van der Waals surface area contributed by atoms with Gasteiger partial charge in [-0.05, 0) is 36.4 Å². The number of carbonyl (C=O) groups excluding carboxylic acids is 2. The summed E-state index contributed by atoms with van der Waals surface area (Å²) in [5, 5.41) is 0. The van der Waals surface area contributed by atoms with Crippen LogP contribution in [0.25, 0.3) is 0 Å². The highest BCUT2D eigenvalue weighted by atomic mass is 16.6. The first-order valence-corrected chi connectivity index (χ1v) is 7.88. The molecular weight excluding hydrogens is 304 g/mol. The number of rotatable bonds is 6. The summed E-state index contributed by atoms with van der Waals surface area (Å²) >= 11 is 0. The van der Waals surface area contributed by atoms with E-state index in [-0.39, 0.29) is 25.0 Å². The Kier molecular flexibility index (Phi) is 5.74. The lowest BCUT2D eigenvalue weighted by molar-refractivity contribution is 0.0450. The summed E-state index contributed by atoms with van der Waals surface area (Å²) in [7, 11) is 0. The molecule has 0 atom stereocenters. The number of ether oxygens (including phenoxy) is 2. The van der Waals surface area contributed by atoms with Crippen molar-refractivity contribution in [3.8, 4) is 5.75 Å². The summed E-state index contributed by atoms with van der Waals surface area (Å²) in [6.07, 6.45) is 0. The molecule has 0 aliphatic carbocycles. The lowest BCUT2D eigenvalue weighted by Gasteiger charge is -2.16. The second kappa shape index (κ2) is 7.77. The number of carbonyl (C=O) groups is 2. The number of hydrogen-bond acceptors (Lipinski definition) is 4. The van der Waals surface area contributed by atoms with Crippen LogP contribution in [0, 0.1) is 5.41 Å². The van der Waals surface area contributed by atoms with E-state index in [1.54, 1.807) is 48.5 Å². The van der Waals surface area contributed by atoms with E-state index in [0.29, 0.717) is 16.9 Å². The van der Waals surface area contributed by atoms with Crippen LogP contribution in [0.2, 0.25) is 0 Å². The predicted octanol–water partition coefficient (Wildman–Crippen LogP) is 4.15. The normalized spacial score (nSPS) is 11.0. The van der Waals surface area contributed by atoms with Gasteiger partial charge in [-0.15, -0.1) is 0 Å². The molecule has 0 fully saturated rings. The standard InChI is InChI=1S/C20H22O4/c1-20(2,3)18(21)15-9-11-17(12-10-15)23-13-14-24-19(22)16-7-5-4-6-8-16/h4-12H,13-14H2,1-3H3. The van der Waals surface area contributed by atoms with Gasteiger partial charge < -0.3 is 9.47 Å². The molecule has 0 spiro atoms. The molecule has 126 valence electrons. The summed E-state index contributed by atoms with van der Waals surface area (Å²) in [6, 6.07) is 15.8. The molecule has 0 saturated carbocycles. The van der Waals surface area contributed by atoms with Gasteiger partial charge in [-0.2, -0.15) is 0 Å². The highest BCUT2D eigenvalue weighted by Crippen LogP contribution is 2.22. The fourth-order valence-corrected chi connectivity index (χ4v) is 2.09. The van der Waals surface area contributed by atoms with Gasteiger partial charge in [-0.1, -0.05) is 39.0 Å². The van der Waals surface area contributed by atoms with Gasteiger partial charge >= 0.3 is 5.97 Å². The largest absolute Gasteiger partial charge is 0.490 e. The average Bonchev–Trinajstić information content (AvgIpc) is 2.58. The third-order valence-electron chi connectivity index (χ3n) is 3.39. The van der Waals surface area contributed by atoms with Crippen molar-refractivity contribution in [3.05, 3.63) is 65.7 Å². The molecule has 0 amide bonds. The first-order valence-electron chi connectivity index (χ1n) is 7.88. The Hall–Kier alpha value is -2.62. The maximum atomic E-state index is 12.1. The first-order chi connectivity index (χ1) is 11.4. The molecule has 4 heteroatoms. The van der Waals surface area contributed by atoms with Gasteiger partial charge in [0.15, 0.2) is 5.78 Å². The van der Waals surface area contributed by atoms with Crippen LogP contribution in [0.3, 0.4) is 0 Å². The minimum Gasteiger partial charge on any atom is -0.490 e. The Bertz CT molecular complexity index is 682. The van der Waals surface area contributed by atoms with Crippen LogP contribution in [0.5, 0.6) is 5.75 Å². The van der Waals surface area contributed by atoms with Crippen LogP contribution < -0.4 is 4.74 Å². The Balaban J connectivity index is 1.79. The van der Waals surface area contributed by atoms with E-state index >= 15 is 0 Å². The molecule has 24 heavy (non-hydrogen) atoms. The van der Waals surface area contributed by atoms with Gasteiger partial charge in [0.05, 0.1) is 5.56 Å². The van der Waals surface area contributed by atoms with Gasteiger partial charge in [0.1, 0.15) is 19.0 Å². The fourth-order valence-electron chi connectivity index (χ4n) is 2.09. The number of esters is 1. The van der Waals surface area contributed by atoms with Crippen LogP contribution in [0.1, 0.15) is 41.5 Å². The van der Waals surface area contributed by atoms with Crippen molar-refractivity contribution >= 4 is 11.8 Å². The smallest absolute Gasteiger partial charge is 0.338 e. The van der Waals surface area contributed by atoms with E-state index in [0.717, 1.165) is 0 Å². The average molecular weight is 326 g/mol. The number of Topliss-reactive ketones (excluding diaryl/α,β-unsaturated/α-hetero) is 1. The molecule has 2 aromatic rings. The maximum absolute atomic E-state index is 12.1. The molecule has 4 nitrogen and oxygen atoms in total. The van der Waals surface area contributed by atoms with E-state index in [1.807, 2.05) is 26.8 Å². The Labute approximate surface area is 142 Å². The monoisotopic (exact) mass is 326 g/mol. The highest BCUT2D eigenvalue weighted by molar-refractivity contribution is 5.99. The van der Waals surface area contributed by atoms with Gasteiger partial charge in [0.2, 0.25) is 0 Å². The molecule has 0 aliphatic rings. The van der Waals surface area contributed by atoms with Gasteiger partial charge in [0, 0.05) is 11.0 Å². The van der Waals surface area contributed by atoms with Crippen molar-refractivity contribution in [2.24, 2.45) is 5.41 Å². The van der Waals surface area contributed by atoms with E-state index in [1.165, 1.54) is 0 Å². The van der Waals surface area contributed by atoms with Crippen molar-refractivity contribution in [1.82, 2.24) is 0 Å². The second-order valence-corrected chi connectivity index (χ2v) is 6.45. The summed E-state index contributed by atoms with van der Waals surface area (Å²) in [6.45, 7) is 6.09. The fraction of sp³-hybridized carbons (Fsp3) is 0.300. The maximum Gasteiger partial charge on any atom is 0.338 e. The second-order valence-electron chi connectivity index (χ2n) is 6.45. The molecule has 0 aliphatic heterocycles. The van der Waals surface area contributed by atoms with E-state index in [2.05, 4.69) is 0 Å². The van der Waals surface area contributed by atoms with Crippen LogP contribution in [-0.4, -0.2) is 25.0 Å². The van der Waals surface area contributed by atoms with E-state index in [9.17, 15) is 9.59 Å².